The average molecular weight is 244 g/mol. The molecule has 4 heteroatoms. The molecule has 1 aromatic rings. The van der Waals surface area contributed by atoms with Crippen LogP contribution >= 0.6 is 0 Å². The first kappa shape index (κ1) is 12.4. The van der Waals surface area contributed by atoms with Crippen molar-refractivity contribution in [3.05, 3.63) is 47.7 Å². The first-order valence-electron chi connectivity index (χ1n) is 6.06. The van der Waals surface area contributed by atoms with Gasteiger partial charge in [-0.3, -0.25) is 9.59 Å². The predicted molar refractivity (Wildman–Crippen MR) is 68.6 cm³/mol. The fraction of sp³-hybridized carbons (Fsp3) is 0.286. The molecule has 0 unspecified atom stereocenters. The second-order valence-corrected chi connectivity index (χ2v) is 4.22. The molecule has 1 amide bonds. The van der Waals surface area contributed by atoms with Gasteiger partial charge in [-0.05, 0) is 18.4 Å². The molecule has 0 aliphatic carbocycles. The van der Waals surface area contributed by atoms with Gasteiger partial charge in [0, 0.05) is 24.9 Å². The molecule has 18 heavy (non-hydrogen) atoms. The molecule has 0 spiro atoms. The number of carbonyl (C=O) groups is 2. The highest BCUT2D eigenvalue weighted by Gasteiger charge is 2.21. The van der Waals surface area contributed by atoms with Crippen molar-refractivity contribution >= 4 is 11.7 Å². The zero-order chi connectivity index (χ0) is 12.8. The third-order valence-corrected chi connectivity index (χ3v) is 2.83. The van der Waals surface area contributed by atoms with Gasteiger partial charge in [0.25, 0.3) is 5.91 Å². The standard InChI is InChI=1S/C14H16N2O2/c17-13-12(7-4-8-16-14(13)18)10-15-9-11-5-2-1-3-6-11/h1-3,5-6,10,15H,4,7-9H2,(H,16,18)/b12-10-. The summed E-state index contributed by atoms with van der Waals surface area (Å²) in [7, 11) is 0. The Balaban J connectivity index is 1.95. The lowest BCUT2D eigenvalue weighted by Gasteiger charge is -2.04. The van der Waals surface area contributed by atoms with Crippen LogP contribution in [0.3, 0.4) is 0 Å². The Morgan fingerprint density at radius 2 is 2.00 bits per heavy atom. The third kappa shape index (κ3) is 3.20. The molecule has 0 radical (unpaired) electrons. The van der Waals surface area contributed by atoms with Gasteiger partial charge in [0.2, 0.25) is 5.78 Å². The summed E-state index contributed by atoms with van der Waals surface area (Å²) < 4.78 is 0. The fourth-order valence-electron chi connectivity index (χ4n) is 1.85. The van der Waals surface area contributed by atoms with Crippen LogP contribution in [0.2, 0.25) is 0 Å². The van der Waals surface area contributed by atoms with Crippen LogP contribution in [0.1, 0.15) is 18.4 Å². The van der Waals surface area contributed by atoms with Crippen LogP contribution in [-0.2, 0) is 16.1 Å². The molecule has 0 aromatic heterocycles. The minimum Gasteiger partial charge on any atom is -0.386 e. The van der Waals surface area contributed by atoms with Gasteiger partial charge in [0.05, 0.1) is 0 Å². The molecular formula is C14H16N2O2. The van der Waals surface area contributed by atoms with Crippen LogP contribution in [-0.4, -0.2) is 18.2 Å². The molecule has 4 nitrogen and oxygen atoms in total. The van der Waals surface area contributed by atoms with Crippen LogP contribution in [0.15, 0.2) is 42.1 Å². The zero-order valence-electron chi connectivity index (χ0n) is 10.1. The molecule has 1 saturated heterocycles. The topological polar surface area (TPSA) is 58.2 Å². The maximum atomic E-state index is 11.7. The third-order valence-electron chi connectivity index (χ3n) is 2.83. The summed E-state index contributed by atoms with van der Waals surface area (Å²) in [5.41, 5.74) is 1.70. The largest absolute Gasteiger partial charge is 0.386 e. The molecule has 1 fully saturated rings. The first-order chi connectivity index (χ1) is 8.77. The van der Waals surface area contributed by atoms with Crippen molar-refractivity contribution in [2.75, 3.05) is 6.54 Å². The van der Waals surface area contributed by atoms with Gasteiger partial charge in [-0.2, -0.15) is 0 Å². The maximum Gasteiger partial charge on any atom is 0.292 e. The van der Waals surface area contributed by atoms with Crippen molar-refractivity contribution in [3.8, 4) is 0 Å². The summed E-state index contributed by atoms with van der Waals surface area (Å²) >= 11 is 0. The van der Waals surface area contributed by atoms with Gasteiger partial charge in [0.15, 0.2) is 0 Å². The quantitative estimate of drug-likeness (QED) is 0.619. The Labute approximate surface area is 106 Å². The number of hydrogen-bond donors (Lipinski definition) is 2. The summed E-state index contributed by atoms with van der Waals surface area (Å²) in [4.78, 5) is 23.0. The van der Waals surface area contributed by atoms with Gasteiger partial charge < -0.3 is 10.6 Å². The molecule has 0 atom stereocenters. The van der Waals surface area contributed by atoms with Crippen molar-refractivity contribution in [2.24, 2.45) is 0 Å². The predicted octanol–water partition coefficient (Wildman–Crippen LogP) is 1.14. The normalized spacial score (nSPS) is 18.3. The van der Waals surface area contributed by atoms with Gasteiger partial charge >= 0.3 is 0 Å². The van der Waals surface area contributed by atoms with Crippen LogP contribution in [0.5, 0.6) is 0 Å². The van der Waals surface area contributed by atoms with E-state index < -0.39 is 11.7 Å². The molecule has 1 aromatic carbocycles. The highest BCUT2D eigenvalue weighted by atomic mass is 16.2. The highest BCUT2D eigenvalue weighted by Crippen LogP contribution is 2.09. The van der Waals surface area contributed by atoms with E-state index in [1.165, 1.54) is 0 Å². The van der Waals surface area contributed by atoms with E-state index in [2.05, 4.69) is 10.6 Å². The van der Waals surface area contributed by atoms with E-state index in [9.17, 15) is 9.59 Å². The number of ketones is 1. The van der Waals surface area contributed by atoms with Crippen LogP contribution < -0.4 is 10.6 Å². The van der Waals surface area contributed by atoms with Crippen molar-refractivity contribution in [1.82, 2.24) is 10.6 Å². The summed E-state index contributed by atoms with van der Waals surface area (Å²) in [5.74, 6) is -0.923. The monoisotopic (exact) mass is 244 g/mol. The maximum absolute atomic E-state index is 11.7. The van der Waals surface area contributed by atoms with Crippen molar-refractivity contribution < 1.29 is 9.59 Å². The number of Topliss-reactive ketones (excluding diaryl/α,β-unsaturated/α-hetero) is 1. The van der Waals surface area contributed by atoms with Crippen LogP contribution in [0.25, 0.3) is 0 Å². The van der Waals surface area contributed by atoms with Gasteiger partial charge in [-0.25, -0.2) is 0 Å². The molecular weight excluding hydrogens is 228 g/mol. The highest BCUT2D eigenvalue weighted by molar-refractivity contribution is 6.42. The van der Waals surface area contributed by atoms with E-state index in [-0.39, 0.29) is 0 Å². The lowest BCUT2D eigenvalue weighted by Crippen LogP contribution is -2.29. The summed E-state index contributed by atoms with van der Waals surface area (Å²) in [6, 6.07) is 9.91. The summed E-state index contributed by atoms with van der Waals surface area (Å²) in [6.07, 6.45) is 3.11. The molecule has 0 saturated carbocycles. The number of benzene rings is 1. The first-order valence-corrected chi connectivity index (χ1v) is 6.06. The van der Waals surface area contributed by atoms with E-state index in [1.807, 2.05) is 30.3 Å². The van der Waals surface area contributed by atoms with E-state index in [1.54, 1.807) is 6.20 Å². The van der Waals surface area contributed by atoms with Crippen molar-refractivity contribution in [3.63, 3.8) is 0 Å². The van der Waals surface area contributed by atoms with Crippen LogP contribution in [0.4, 0.5) is 0 Å². The Kier molecular flexibility index (Phi) is 4.12. The molecule has 1 heterocycles. The smallest absolute Gasteiger partial charge is 0.292 e. The molecule has 0 bridgehead atoms. The molecule has 1 aliphatic rings. The Morgan fingerprint density at radius 1 is 1.22 bits per heavy atom. The lowest BCUT2D eigenvalue weighted by atomic mass is 10.1. The van der Waals surface area contributed by atoms with E-state index >= 15 is 0 Å². The number of hydrogen-bond acceptors (Lipinski definition) is 3. The van der Waals surface area contributed by atoms with Gasteiger partial charge in [-0.15, -0.1) is 0 Å². The average Bonchev–Trinajstić information content (AvgIpc) is 2.55. The minimum atomic E-state index is -0.500. The van der Waals surface area contributed by atoms with E-state index in [0.29, 0.717) is 25.1 Å². The van der Waals surface area contributed by atoms with Gasteiger partial charge in [0.1, 0.15) is 0 Å². The lowest BCUT2D eigenvalue weighted by molar-refractivity contribution is -0.135. The Hall–Kier alpha value is -2.10. The number of carbonyl (C=O) groups excluding carboxylic acids is 2. The van der Waals surface area contributed by atoms with Gasteiger partial charge in [-0.1, -0.05) is 30.3 Å². The van der Waals surface area contributed by atoms with Crippen molar-refractivity contribution in [1.29, 1.82) is 0 Å². The fourth-order valence-corrected chi connectivity index (χ4v) is 1.85. The SMILES string of the molecule is O=C1NCCC/C(=C/NCc2ccccc2)C1=O. The van der Waals surface area contributed by atoms with E-state index in [0.717, 1.165) is 12.0 Å². The number of nitrogens with one attached hydrogen (secondary N) is 2. The summed E-state index contributed by atoms with van der Waals surface area (Å²) in [6.45, 7) is 1.22. The molecule has 1 aliphatic heterocycles. The molecule has 2 rings (SSSR count). The Bertz CT molecular complexity index is 466. The number of rotatable bonds is 3. The molecule has 94 valence electrons. The van der Waals surface area contributed by atoms with E-state index in [4.69, 9.17) is 0 Å². The zero-order valence-corrected chi connectivity index (χ0v) is 10.1. The Morgan fingerprint density at radius 3 is 2.78 bits per heavy atom. The minimum absolute atomic E-state index is 0.423. The summed E-state index contributed by atoms with van der Waals surface area (Å²) in [5, 5.41) is 5.66. The second kappa shape index (κ2) is 6.00. The van der Waals surface area contributed by atoms with Crippen molar-refractivity contribution in [2.45, 2.75) is 19.4 Å². The van der Waals surface area contributed by atoms with Crippen LogP contribution in [0, 0.1) is 0 Å². The molecule has 2 N–H and O–H groups in total. The second-order valence-electron chi connectivity index (χ2n) is 4.22. The number of amides is 1.